The number of halogens is 2. The standard InChI is InChI=1S/C17H20F2N2O3/c1-4-5-8-21-10(2)14(16(22)24-3)15(20-17(21)23)12-7-6-11(18)9-13(12)19/h6-7,9,15H,4-5,8H2,1-3H3,(H,20,23)/t15-/m1/s1. The molecular weight excluding hydrogens is 318 g/mol. The van der Waals surface area contributed by atoms with Crippen LogP contribution in [0.5, 0.6) is 0 Å². The molecule has 0 saturated heterocycles. The molecule has 0 fully saturated rings. The second-order valence-electron chi connectivity index (χ2n) is 5.54. The molecule has 0 bridgehead atoms. The van der Waals surface area contributed by atoms with Gasteiger partial charge < -0.3 is 10.1 Å². The molecular formula is C17H20F2N2O3. The fourth-order valence-electron chi connectivity index (χ4n) is 2.71. The minimum absolute atomic E-state index is 0.0136. The van der Waals surface area contributed by atoms with E-state index >= 15 is 0 Å². The van der Waals surface area contributed by atoms with Crippen LogP contribution >= 0.6 is 0 Å². The zero-order valence-electron chi connectivity index (χ0n) is 13.9. The van der Waals surface area contributed by atoms with Gasteiger partial charge in [0.05, 0.1) is 18.7 Å². The summed E-state index contributed by atoms with van der Waals surface area (Å²) in [7, 11) is 1.22. The summed E-state index contributed by atoms with van der Waals surface area (Å²) in [6, 6.07) is 1.56. The van der Waals surface area contributed by atoms with Gasteiger partial charge in [-0.15, -0.1) is 0 Å². The largest absolute Gasteiger partial charge is 0.466 e. The van der Waals surface area contributed by atoms with Crippen molar-refractivity contribution in [2.24, 2.45) is 0 Å². The van der Waals surface area contributed by atoms with E-state index in [0.29, 0.717) is 12.2 Å². The molecule has 1 N–H and O–H groups in total. The first-order chi connectivity index (χ1) is 11.4. The first-order valence-corrected chi connectivity index (χ1v) is 7.72. The number of ether oxygens (including phenoxy) is 1. The topological polar surface area (TPSA) is 58.6 Å². The average Bonchev–Trinajstić information content (AvgIpc) is 2.53. The van der Waals surface area contributed by atoms with E-state index in [-0.39, 0.29) is 11.1 Å². The first kappa shape index (κ1) is 17.9. The Morgan fingerprint density at radius 2 is 2.08 bits per heavy atom. The predicted octanol–water partition coefficient (Wildman–Crippen LogP) is 3.28. The third-order valence-corrected chi connectivity index (χ3v) is 4.01. The molecule has 1 aromatic rings. The summed E-state index contributed by atoms with van der Waals surface area (Å²) in [5.74, 6) is -2.23. The number of nitrogens with one attached hydrogen (secondary N) is 1. The molecule has 0 saturated carbocycles. The molecule has 24 heavy (non-hydrogen) atoms. The maximum atomic E-state index is 14.2. The number of urea groups is 1. The molecule has 1 aromatic carbocycles. The van der Waals surface area contributed by atoms with Gasteiger partial charge in [0, 0.05) is 23.9 Å². The molecule has 0 unspecified atom stereocenters. The maximum Gasteiger partial charge on any atom is 0.337 e. The van der Waals surface area contributed by atoms with Crippen LogP contribution in [0, 0.1) is 11.6 Å². The van der Waals surface area contributed by atoms with Crippen LogP contribution in [0.1, 0.15) is 38.3 Å². The number of carbonyl (C=O) groups is 2. The van der Waals surface area contributed by atoms with Gasteiger partial charge in [-0.25, -0.2) is 18.4 Å². The molecule has 0 aromatic heterocycles. The number of allylic oxidation sites excluding steroid dienone is 1. The van der Waals surface area contributed by atoms with E-state index in [4.69, 9.17) is 4.74 Å². The monoisotopic (exact) mass is 338 g/mol. The van der Waals surface area contributed by atoms with Gasteiger partial charge in [0.15, 0.2) is 0 Å². The van der Waals surface area contributed by atoms with E-state index in [1.165, 1.54) is 18.1 Å². The van der Waals surface area contributed by atoms with Gasteiger partial charge in [-0.05, 0) is 19.4 Å². The zero-order chi connectivity index (χ0) is 17.9. The number of hydrogen-bond donors (Lipinski definition) is 1. The highest BCUT2D eigenvalue weighted by atomic mass is 19.1. The van der Waals surface area contributed by atoms with E-state index < -0.39 is 29.7 Å². The lowest BCUT2D eigenvalue weighted by molar-refractivity contribution is -0.136. The summed E-state index contributed by atoms with van der Waals surface area (Å²) in [6.45, 7) is 4.04. The van der Waals surface area contributed by atoms with Crippen LogP contribution in [0.25, 0.3) is 0 Å². The van der Waals surface area contributed by atoms with Crippen molar-refractivity contribution in [3.8, 4) is 0 Å². The lowest BCUT2D eigenvalue weighted by Crippen LogP contribution is -2.48. The molecule has 130 valence electrons. The van der Waals surface area contributed by atoms with Crippen LogP contribution in [-0.4, -0.2) is 30.6 Å². The summed E-state index contributed by atoms with van der Waals surface area (Å²) in [5, 5.41) is 2.61. The number of nitrogens with zero attached hydrogens (tertiary/aromatic N) is 1. The highest BCUT2D eigenvalue weighted by Crippen LogP contribution is 2.32. The molecule has 0 spiro atoms. The Labute approximate surface area is 139 Å². The fourth-order valence-corrected chi connectivity index (χ4v) is 2.71. The van der Waals surface area contributed by atoms with Crippen molar-refractivity contribution in [2.75, 3.05) is 13.7 Å². The maximum absolute atomic E-state index is 14.2. The van der Waals surface area contributed by atoms with E-state index in [9.17, 15) is 18.4 Å². The van der Waals surface area contributed by atoms with Crippen molar-refractivity contribution in [3.05, 3.63) is 46.7 Å². The molecule has 7 heteroatoms. The van der Waals surface area contributed by atoms with Crippen LogP contribution in [-0.2, 0) is 9.53 Å². The smallest absolute Gasteiger partial charge is 0.337 e. The summed E-state index contributed by atoms with van der Waals surface area (Å²) in [6.07, 6.45) is 1.63. The number of rotatable bonds is 5. The van der Waals surface area contributed by atoms with E-state index in [1.54, 1.807) is 6.92 Å². The highest BCUT2D eigenvalue weighted by Gasteiger charge is 2.37. The molecule has 0 aliphatic carbocycles. The van der Waals surface area contributed by atoms with Crippen molar-refractivity contribution in [1.29, 1.82) is 0 Å². The predicted molar refractivity (Wildman–Crippen MR) is 84.0 cm³/mol. The Kier molecular flexibility index (Phi) is 5.54. The van der Waals surface area contributed by atoms with Crippen molar-refractivity contribution in [3.63, 3.8) is 0 Å². The molecule has 1 heterocycles. The van der Waals surface area contributed by atoms with Crippen LogP contribution in [0.15, 0.2) is 29.5 Å². The number of amides is 2. The molecule has 2 rings (SSSR count). The third-order valence-electron chi connectivity index (χ3n) is 4.01. The second-order valence-corrected chi connectivity index (χ2v) is 5.54. The van der Waals surface area contributed by atoms with Gasteiger partial charge in [0.1, 0.15) is 11.6 Å². The van der Waals surface area contributed by atoms with Crippen molar-refractivity contribution >= 4 is 12.0 Å². The summed E-state index contributed by atoms with van der Waals surface area (Å²) in [5.41, 5.74) is 0.561. The number of unbranched alkanes of at least 4 members (excludes halogenated alkanes) is 1. The lowest BCUT2D eigenvalue weighted by Gasteiger charge is -2.35. The van der Waals surface area contributed by atoms with Crippen molar-refractivity contribution in [1.82, 2.24) is 10.2 Å². The summed E-state index contributed by atoms with van der Waals surface area (Å²) in [4.78, 5) is 26.0. The summed E-state index contributed by atoms with van der Waals surface area (Å²) >= 11 is 0. The number of carbonyl (C=O) groups excluding carboxylic acids is 2. The molecule has 5 nitrogen and oxygen atoms in total. The Hall–Kier alpha value is -2.44. The third kappa shape index (κ3) is 3.39. The van der Waals surface area contributed by atoms with Gasteiger partial charge in [-0.1, -0.05) is 19.4 Å². The zero-order valence-corrected chi connectivity index (χ0v) is 13.9. The molecule has 1 aliphatic heterocycles. The molecule has 1 atom stereocenters. The lowest BCUT2D eigenvalue weighted by atomic mass is 9.94. The SMILES string of the molecule is CCCCN1C(=O)N[C@H](c2ccc(F)cc2F)C(C(=O)OC)=C1C. The van der Waals surface area contributed by atoms with Gasteiger partial charge in [-0.2, -0.15) is 0 Å². The minimum atomic E-state index is -1.02. The van der Waals surface area contributed by atoms with Crippen molar-refractivity contribution < 1.29 is 23.1 Å². The Bertz CT molecular complexity index is 688. The van der Waals surface area contributed by atoms with E-state index in [0.717, 1.165) is 25.0 Å². The van der Waals surface area contributed by atoms with Gasteiger partial charge in [0.25, 0.3) is 0 Å². The molecule has 1 aliphatic rings. The van der Waals surface area contributed by atoms with Crippen molar-refractivity contribution in [2.45, 2.75) is 32.7 Å². The van der Waals surface area contributed by atoms with Crippen LogP contribution < -0.4 is 5.32 Å². The highest BCUT2D eigenvalue weighted by molar-refractivity contribution is 5.95. The quantitative estimate of drug-likeness (QED) is 0.838. The normalized spacial score (nSPS) is 17.8. The average molecular weight is 338 g/mol. The van der Waals surface area contributed by atoms with Crippen LogP contribution in [0.4, 0.5) is 13.6 Å². The Morgan fingerprint density at radius 1 is 1.38 bits per heavy atom. The Balaban J connectivity index is 2.52. The van der Waals surface area contributed by atoms with Crippen LogP contribution in [0.3, 0.4) is 0 Å². The summed E-state index contributed by atoms with van der Waals surface area (Å²) < 4.78 is 32.1. The molecule has 2 amide bonds. The number of benzene rings is 1. The molecule has 0 radical (unpaired) electrons. The second kappa shape index (κ2) is 7.42. The van der Waals surface area contributed by atoms with E-state index in [1.807, 2.05) is 6.92 Å². The Morgan fingerprint density at radius 3 is 2.67 bits per heavy atom. The van der Waals surface area contributed by atoms with Crippen LogP contribution in [0.2, 0.25) is 0 Å². The minimum Gasteiger partial charge on any atom is -0.466 e. The van der Waals surface area contributed by atoms with E-state index in [2.05, 4.69) is 5.32 Å². The van der Waals surface area contributed by atoms with Gasteiger partial charge in [0.2, 0.25) is 0 Å². The fraction of sp³-hybridized carbons (Fsp3) is 0.412. The number of esters is 1. The number of methoxy groups -OCH3 is 1. The number of hydrogen-bond acceptors (Lipinski definition) is 3. The van der Waals surface area contributed by atoms with Gasteiger partial charge in [-0.3, -0.25) is 4.90 Å². The van der Waals surface area contributed by atoms with Gasteiger partial charge >= 0.3 is 12.0 Å². The first-order valence-electron chi connectivity index (χ1n) is 7.72.